The van der Waals surface area contributed by atoms with Gasteiger partial charge in [-0.2, -0.15) is 0 Å². The smallest absolute Gasteiger partial charge is 0.270 e. The number of nitro benzene ring substituents is 1. The van der Waals surface area contributed by atoms with Crippen LogP contribution < -0.4 is 5.32 Å². The lowest BCUT2D eigenvalue weighted by atomic mass is 10.1. The van der Waals surface area contributed by atoms with Gasteiger partial charge in [0, 0.05) is 29.2 Å². The number of carbonyl (C=O) groups excluding carboxylic acids is 1. The summed E-state index contributed by atoms with van der Waals surface area (Å²) in [7, 11) is 2.00. The second-order valence-electron chi connectivity index (χ2n) is 4.64. The van der Waals surface area contributed by atoms with Gasteiger partial charge in [0.25, 0.3) is 11.6 Å². The van der Waals surface area contributed by atoms with Gasteiger partial charge in [-0.1, -0.05) is 0 Å². The molecule has 0 spiro atoms. The van der Waals surface area contributed by atoms with E-state index in [0.29, 0.717) is 10.0 Å². The van der Waals surface area contributed by atoms with Gasteiger partial charge in [0.2, 0.25) is 0 Å². The molecule has 0 aliphatic carbocycles. The van der Waals surface area contributed by atoms with Crippen molar-refractivity contribution in [1.82, 2.24) is 10.2 Å². The van der Waals surface area contributed by atoms with Crippen molar-refractivity contribution < 1.29 is 9.72 Å². The highest BCUT2D eigenvalue weighted by atomic mass is 79.9. The molecule has 1 heterocycles. The first-order valence-electron chi connectivity index (χ1n) is 5.90. The summed E-state index contributed by atoms with van der Waals surface area (Å²) in [6.45, 7) is 1.75. The SMILES string of the molecule is CN1CCC(NC(=O)c2cc([N+](=O)[O-])ccc2Br)C1. The highest BCUT2D eigenvalue weighted by Gasteiger charge is 2.23. The number of nitro groups is 1. The number of halogens is 1. The average Bonchev–Trinajstić information content (AvgIpc) is 2.74. The largest absolute Gasteiger partial charge is 0.348 e. The minimum atomic E-state index is -0.507. The Morgan fingerprint density at radius 1 is 1.58 bits per heavy atom. The molecule has 1 N–H and O–H groups in total. The molecule has 6 nitrogen and oxygen atoms in total. The summed E-state index contributed by atoms with van der Waals surface area (Å²) in [4.78, 5) is 24.5. The van der Waals surface area contributed by atoms with E-state index in [2.05, 4.69) is 26.1 Å². The zero-order valence-corrected chi connectivity index (χ0v) is 12.0. The predicted molar refractivity (Wildman–Crippen MR) is 74.2 cm³/mol. The molecule has 1 atom stereocenters. The maximum atomic E-state index is 12.1. The van der Waals surface area contributed by atoms with Gasteiger partial charge in [0.05, 0.1) is 10.5 Å². The molecule has 2 rings (SSSR count). The standard InChI is InChI=1S/C12H14BrN3O3/c1-15-5-4-8(7-15)14-12(17)10-6-9(16(18)19)2-3-11(10)13/h2-3,6,8H,4-5,7H2,1H3,(H,14,17). The van der Waals surface area contributed by atoms with Crippen molar-refractivity contribution in [2.24, 2.45) is 0 Å². The number of likely N-dealkylation sites (N-methyl/N-ethyl adjacent to an activating group) is 1. The van der Waals surface area contributed by atoms with Crippen LogP contribution in [0.3, 0.4) is 0 Å². The topological polar surface area (TPSA) is 75.5 Å². The Labute approximate surface area is 119 Å². The van der Waals surface area contributed by atoms with Gasteiger partial charge in [0.15, 0.2) is 0 Å². The molecular formula is C12H14BrN3O3. The molecule has 102 valence electrons. The van der Waals surface area contributed by atoms with Crippen LogP contribution in [0.1, 0.15) is 16.8 Å². The van der Waals surface area contributed by atoms with Gasteiger partial charge in [-0.15, -0.1) is 0 Å². The fourth-order valence-electron chi connectivity index (χ4n) is 2.12. The number of hydrogen-bond donors (Lipinski definition) is 1. The van der Waals surface area contributed by atoms with E-state index in [1.54, 1.807) is 0 Å². The number of carbonyl (C=O) groups is 1. The Balaban J connectivity index is 2.14. The number of hydrogen-bond acceptors (Lipinski definition) is 4. The van der Waals surface area contributed by atoms with Crippen LogP contribution in [0.25, 0.3) is 0 Å². The van der Waals surface area contributed by atoms with Gasteiger partial charge >= 0.3 is 0 Å². The van der Waals surface area contributed by atoms with Gasteiger partial charge in [-0.05, 0) is 42.0 Å². The molecule has 0 bridgehead atoms. The predicted octanol–water partition coefficient (Wildman–Crippen LogP) is 1.79. The van der Waals surface area contributed by atoms with Crippen LogP contribution in [0.2, 0.25) is 0 Å². The van der Waals surface area contributed by atoms with Crippen molar-refractivity contribution in [3.63, 3.8) is 0 Å². The monoisotopic (exact) mass is 327 g/mol. The van der Waals surface area contributed by atoms with Crippen molar-refractivity contribution in [3.05, 3.63) is 38.3 Å². The highest BCUT2D eigenvalue weighted by molar-refractivity contribution is 9.10. The van der Waals surface area contributed by atoms with Gasteiger partial charge < -0.3 is 10.2 Å². The average molecular weight is 328 g/mol. The summed E-state index contributed by atoms with van der Waals surface area (Å²) in [5, 5.41) is 13.6. The molecule has 1 unspecified atom stereocenters. The summed E-state index contributed by atoms with van der Waals surface area (Å²) in [6, 6.07) is 4.28. The third-order valence-corrected chi connectivity index (χ3v) is 3.82. The highest BCUT2D eigenvalue weighted by Crippen LogP contribution is 2.22. The fraction of sp³-hybridized carbons (Fsp3) is 0.417. The van der Waals surface area contributed by atoms with Gasteiger partial charge in [0.1, 0.15) is 0 Å². The quantitative estimate of drug-likeness (QED) is 0.678. The van der Waals surface area contributed by atoms with E-state index in [0.717, 1.165) is 19.5 Å². The van der Waals surface area contributed by atoms with Crippen LogP contribution in [0.4, 0.5) is 5.69 Å². The minimum Gasteiger partial charge on any atom is -0.348 e. The van der Waals surface area contributed by atoms with E-state index < -0.39 is 4.92 Å². The summed E-state index contributed by atoms with van der Waals surface area (Å²) in [6.07, 6.45) is 0.898. The van der Waals surface area contributed by atoms with Crippen molar-refractivity contribution >= 4 is 27.5 Å². The van der Waals surface area contributed by atoms with Gasteiger partial charge in [-0.25, -0.2) is 0 Å². The lowest BCUT2D eigenvalue weighted by molar-refractivity contribution is -0.384. The van der Waals surface area contributed by atoms with Crippen LogP contribution in [0.15, 0.2) is 22.7 Å². The molecule has 0 saturated carbocycles. The van der Waals surface area contributed by atoms with Crippen LogP contribution in [-0.2, 0) is 0 Å². The Morgan fingerprint density at radius 3 is 2.89 bits per heavy atom. The van der Waals surface area contributed by atoms with E-state index in [1.807, 2.05) is 7.05 Å². The summed E-state index contributed by atoms with van der Waals surface area (Å²) in [5.74, 6) is -0.282. The second-order valence-corrected chi connectivity index (χ2v) is 5.50. The summed E-state index contributed by atoms with van der Waals surface area (Å²) >= 11 is 3.25. The van der Waals surface area contributed by atoms with E-state index in [1.165, 1.54) is 18.2 Å². The number of rotatable bonds is 3. The van der Waals surface area contributed by atoms with E-state index in [9.17, 15) is 14.9 Å². The molecule has 1 fully saturated rings. The first-order chi connectivity index (χ1) is 8.97. The van der Waals surface area contributed by atoms with E-state index in [-0.39, 0.29) is 17.6 Å². The van der Waals surface area contributed by atoms with E-state index >= 15 is 0 Å². The molecule has 1 aliphatic heterocycles. The zero-order chi connectivity index (χ0) is 14.0. The van der Waals surface area contributed by atoms with Crippen molar-refractivity contribution in [2.75, 3.05) is 20.1 Å². The lowest BCUT2D eigenvalue weighted by Gasteiger charge is -2.13. The van der Waals surface area contributed by atoms with Crippen LogP contribution in [-0.4, -0.2) is 41.9 Å². The lowest BCUT2D eigenvalue weighted by Crippen LogP contribution is -2.36. The number of likely N-dealkylation sites (tertiary alicyclic amines) is 1. The number of nitrogens with one attached hydrogen (secondary N) is 1. The van der Waals surface area contributed by atoms with Crippen LogP contribution in [0.5, 0.6) is 0 Å². The number of nitrogens with zero attached hydrogens (tertiary/aromatic N) is 2. The molecule has 1 aromatic rings. The Kier molecular flexibility index (Phi) is 4.16. The Hall–Kier alpha value is -1.47. The van der Waals surface area contributed by atoms with Crippen molar-refractivity contribution in [2.45, 2.75) is 12.5 Å². The molecule has 0 radical (unpaired) electrons. The van der Waals surface area contributed by atoms with Crippen LogP contribution in [0, 0.1) is 10.1 Å². The number of benzene rings is 1. The molecule has 7 heteroatoms. The van der Waals surface area contributed by atoms with E-state index in [4.69, 9.17) is 0 Å². The third kappa shape index (κ3) is 3.30. The maximum Gasteiger partial charge on any atom is 0.270 e. The molecule has 1 aliphatic rings. The molecule has 1 saturated heterocycles. The fourth-order valence-corrected chi connectivity index (χ4v) is 2.54. The molecular weight excluding hydrogens is 314 g/mol. The molecule has 19 heavy (non-hydrogen) atoms. The summed E-state index contributed by atoms with van der Waals surface area (Å²) < 4.78 is 0.557. The Bertz CT molecular complexity index is 521. The second kappa shape index (κ2) is 5.66. The third-order valence-electron chi connectivity index (χ3n) is 3.13. The molecule has 1 amide bonds. The molecule has 1 aromatic carbocycles. The van der Waals surface area contributed by atoms with Gasteiger partial charge in [-0.3, -0.25) is 14.9 Å². The van der Waals surface area contributed by atoms with Crippen molar-refractivity contribution in [1.29, 1.82) is 0 Å². The zero-order valence-electron chi connectivity index (χ0n) is 10.4. The first-order valence-corrected chi connectivity index (χ1v) is 6.70. The molecule has 0 aromatic heterocycles. The van der Waals surface area contributed by atoms with Crippen LogP contribution >= 0.6 is 15.9 Å². The first kappa shape index (κ1) is 14.0. The summed E-state index contributed by atoms with van der Waals surface area (Å²) in [5.41, 5.74) is 0.209. The Morgan fingerprint density at radius 2 is 2.32 bits per heavy atom. The number of non-ortho nitro benzene ring substituents is 1. The minimum absolute atomic E-state index is 0.0862. The maximum absolute atomic E-state index is 12.1. The number of amides is 1. The normalized spacial score (nSPS) is 19.4. The van der Waals surface area contributed by atoms with Crippen molar-refractivity contribution in [3.8, 4) is 0 Å².